The summed E-state index contributed by atoms with van der Waals surface area (Å²) in [5, 5.41) is 0. The predicted molar refractivity (Wildman–Crippen MR) is 448 cm³/mol. The number of benzene rings is 8. The highest BCUT2D eigenvalue weighted by atomic mass is 15.1. The van der Waals surface area contributed by atoms with Crippen LogP contribution in [0.25, 0.3) is 82.0 Å². The SMILES string of the molecule is CCCCN(CCCC)c1ccc(/C=C/c2ccc(/C=C/c3ccc4c(c3)C(CCCC)(CCCC)c3cc5c(cc3-4)C(CCCC)(CCCC)c3cc4c(cc3-5)C(CCCC)(CCCC)c3cc(/C=C/c5ccc(/C=C/c6ccc(N(CCCC)CCCC)cc6)cc5)ccc3-4)cc2)cc1. The fourth-order valence-corrected chi connectivity index (χ4v) is 17.5. The molecule has 0 N–H and O–H groups in total. The van der Waals surface area contributed by atoms with Gasteiger partial charge in [-0.15, -0.1) is 0 Å². The van der Waals surface area contributed by atoms with Gasteiger partial charge in [0.15, 0.2) is 0 Å². The van der Waals surface area contributed by atoms with Crippen molar-refractivity contribution >= 4 is 60.0 Å². The van der Waals surface area contributed by atoms with Crippen molar-refractivity contribution in [3.05, 3.63) is 236 Å². The minimum Gasteiger partial charge on any atom is -0.372 e. The van der Waals surface area contributed by atoms with Crippen molar-refractivity contribution in [3.8, 4) is 33.4 Å². The monoisotopic (exact) mass is 1340 g/mol. The van der Waals surface area contributed by atoms with Crippen molar-refractivity contribution in [3.63, 3.8) is 0 Å². The Hall–Kier alpha value is -7.68. The molecule has 0 saturated heterocycles. The second-order valence-corrected chi connectivity index (χ2v) is 30.6. The van der Waals surface area contributed by atoms with Gasteiger partial charge in [0.25, 0.3) is 0 Å². The molecule has 0 spiro atoms. The Kier molecular flexibility index (Phi) is 26.5. The first-order valence-corrected chi connectivity index (χ1v) is 40.9. The van der Waals surface area contributed by atoms with Crippen LogP contribution in [0.1, 0.15) is 314 Å². The highest BCUT2D eigenvalue weighted by Gasteiger charge is 2.50. The van der Waals surface area contributed by atoms with Gasteiger partial charge in [0.2, 0.25) is 0 Å². The molecule has 530 valence electrons. The van der Waals surface area contributed by atoms with Gasteiger partial charge in [0.05, 0.1) is 0 Å². The van der Waals surface area contributed by atoms with Crippen molar-refractivity contribution in [2.45, 2.75) is 252 Å². The average Bonchev–Trinajstić information content (AvgIpc) is 1.52. The minimum absolute atomic E-state index is 0.0505. The molecule has 2 heteroatoms. The van der Waals surface area contributed by atoms with Gasteiger partial charge in [-0.1, -0.05) is 330 Å². The van der Waals surface area contributed by atoms with Gasteiger partial charge >= 0.3 is 0 Å². The topological polar surface area (TPSA) is 6.48 Å². The molecule has 0 amide bonds. The predicted octanol–water partition coefficient (Wildman–Crippen LogP) is 29.1. The molecule has 8 aromatic carbocycles. The van der Waals surface area contributed by atoms with Crippen molar-refractivity contribution < 1.29 is 0 Å². The molecule has 3 aliphatic rings. The van der Waals surface area contributed by atoms with Crippen molar-refractivity contribution in [2.24, 2.45) is 0 Å². The van der Waals surface area contributed by atoms with Gasteiger partial charge < -0.3 is 9.80 Å². The number of fused-ring (bicyclic) bond motifs is 9. The lowest BCUT2D eigenvalue weighted by Crippen LogP contribution is -2.27. The Morgan fingerprint density at radius 3 is 0.624 bits per heavy atom. The molecular formula is C99H124N2. The van der Waals surface area contributed by atoms with E-state index < -0.39 is 0 Å². The maximum atomic E-state index is 2.83. The molecule has 0 saturated carbocycles. The maximum absolute atomic E-state index is 2.83. The van der Waals surface area contributed by atoms with Gasteiger partial charge in [-0.25, -0.2) is 0 Å². The lowest BCUT2D eigenvalue weighted by Gasteiger charge is -2.35. The Labute approximate surface area is 613 Å². The number of unbranched alkanes of at least 4 members (excludes halogenated alkanes) is 10. The summed E-state index contributed by atoms with van der Waals surface area (Å²) < 4.78 is 0. The second-order valence-electron chi connectivity index (χ2n) is 30.6. The smallest absolute Gasteiger partial charge is 0.0366 e. The highest BCUT2D eigenvalue weighted by molar-refractivity contribution is 5.95. The number of anilines is 2. The molecule has 0 unspecified atom stereocenters. The summed E-state index contributed by atoms with van der Waals surface area (Å²) in [7, 11) is 0. The zero-order valence-electron chi connectivity index (χ0n) is 64.2. The fraction of sp³-hybridized carbons (Fsp3) is 0.434. The molecule has 0 bridgehead atoms. The van der Waals surface area contributed by atoms with Crippen molar-refractivity contribution in [1.29, 1.82) is 0 Å². The summed E-state index contributed by atoms with van der Waals surface area (Å²) in [6, 6.07) is 63.1. The van der Waals surface area contributed by atoms with Crippen LogP contribution in [0.4, 0.5) is 11.4 Å². The number of hydrogen-bond acceptors (Lipinski definition) is 2. The Balaban J connectivity index is 0.913. The van der Waals surface area contributed by atoms with Crippen LogP contribution < -0.4 is 9.80 Å². The van der Waals surface area contributed by atoms with Gasteiger partial charge in [0, 0.05) is 53.8 Å². The molecule has 101 heavy (non-hydrogen) atoms. The van der Waals surface area contributed by atoms with E-state index in [0.717, 1.165) is 26.2 Å². The van der Waals surface area contributed by atoms with Crippen LogP contribution in [0.2, 0.25) is 0 Å². The third-order valence-corrected chi connectivity index (χ3v) is 23.5. The molecule has 0 heterocycles. The van der Waals surface area contributed by atoms with Crippen LogP contribution >= 0.6 is 0 Å². The molecule has 0 aliphatic heterocycles. The summed E-state index contributed by atoms with van der Waals surface area (Å²) in [6.45, 7) is 28.1. The van der Waals surface area contributed by atoms with Crippen molar-refractivity contribution in [1.82, 2.24) is 0 Å². The first kappa shape index (κ1) is 74.5. The van der Waals surface area contributed by atoms with Crippen LogP contribution in [0, 0.1) is 0 Å². The number of rotatable bonds is 40. The third-order valence-electron chi connectivity index (χ3n) is 23.5. The average molecular weight is 1340 g/mol. The Morgan fingerprint density at radius 1 is 0.208 bits per heavy atom. The van der Waals surface area contributed by atoms with Crippen LogP contribution in [0.15, 0.2) is 158 Å². The summed E-state index contributed by atoms with van der Waals surface area (Å²) in [5.41, 5.74) is 31.2. The van der Waals surface area contributed by atoms with E-state index in [4.69, 9.17) is 0 Å². The van der Waals surface area contributed by atoms with Crippen LogP contribution in [0.3, 0.4) is 0 Å². The third kappa shape index (κ3) is 16.7. The largest absolute Gasteiger partial charge is 0.372 e. The first-order chi connectivity index (χ1) is 49.6. The molecule has 0 fully saturated rings. The van der Waals surface area contributed by atoms with Gasteiger partial charge in [-0.2, -0.15) is 0 Å². The van der Waals surface area contributed by atoms with Gasteiger partial charge in [-0.05, 0) is 224 Å². The Morgan fingerprint density at radius 2 is 0.396 bits per heavy atom. The summed E-state index contributed by atoms with van der Waals surface area (Å²) in [5.74, 6) is 0. The molecular weight excluding hydrogens is 1220 g/mol. The molecule has 0 radical (unpaired) electrons. The molecule has 2 nitrogen and oxygen atoms in total. The fourth-order valence-electron chi connectivity index (χ4n) is 17.5. The van der Waals surface area contributed by atoms with E-state index in [1.807, 2.05) is 0 Å². The van der Waals surface area contributed by atoms with Crippen molar-refractivity contribution in [2.75, 3.05) is 36.0 Å². The van der Waals surface area contributed by atoms with E-state index in [1.165, 1.54) is 245 Å². The normalized spacial score (nSPS) is 14.3. The van der Waals surface area contributed by atoms with Gasteiger partial charge in [0.1, 0.15) is 0 Å². The zero-order valence-corrected chi connectivity index (χ0v) is 64.2. The molecule has 8 aromatic rings. The Bertz CT molecular complexity index is 3770. The van der Waals surface area contributed by atoms with Gasteiger partial charge in [-0.3, -0.25) is 0 Å². The summed E-state index contributed by atoms with van der Waals surface area (Å²) >= 11 is 0. The quantitative estimate of drug-likeness (QED) is 0.0353. The van der Waals surface area contributed by atoms with E-state index in [0.29, 0.717) is 0 Å². The molecule has 0 aromatic heterocycles. The minimum atomic E-state index is -0.0515. The van der Waals surface area contributed by atoms with Crippen LogP contribution in [0.5, 0.6) is 0 Å². The van der Waals surface area contributed by atoms with E-state index >= 15 is 0 Å². The lowest BCUT2D eigenvalue weighted by atomic mass is 9.68. The van der Waals surface area contributed by atoms with Crippen LogP contribution in [-0.2, 0) is 16.2 Å². The molecule has 3 aliphatic carbocycles. The van der Waals surface area contributed by atoms with E-state index in [-0.39, 0.29) is 16.2 Å². The highest BCUT2D eigenvalue weighted by Crippen LogP contribution is 2.64. The molecule has 0 atom stereocenters. The molecule has 11 rings (SSSR count). The summed E-state index contributed by atoms with van der Waals surface area (Å²) in [4.78, 5) is 5.13. The van der Waals surface area contributed by atoms with E-state index in [2.05, 4.69) is 285 Å². The number of hydrogen-bond donors (Lipinski definition) is 0. The van der Waals surface area contributed by atoms with E-state index in [1.54, 1.807) is 44.5 Å². The number of nitrogens with zero attached hydrogens (tertiary/aromatic N) is 2. The van der Waals surface area contributed by atoms with E-state index in [9.17, 15) is 0 Å². The zero-order chi connectivity index (χ0) is 70.6. The lowest BCUT2D eigenvalue weighted by molar-refractivity contribution is 0.409. The standard InChI is InChI=1S/C99H124N2/c1-11-21-59-97(60-22-12-2)91-69-81(45-43-77-35-31-75(32-36-77)39-41-79-47-53-83(54-48-79)100(65-27-17-7)66-28-18-8)51-57-85(91)87-71-95-89(73-93(87)97)90-74-94-88(72-96(90)99(95,63-25-15-5)64-26-16-6)86-58-52-82(70-92(86)98(94,61-23-13-3)62-24-14-4)46-44-78-37-33-76(34-38-78)40-42-80-49-55-84(56-50-80)101(67-29-19-9)68-30-20-10/h31-58,69-74H,11-30,59-68H2,1-10H3/b41-39+,42-40+,45-43+,46-44+. The van der Waals surface area contributed by atoms with Crippen LogP contribution in [-0.4, -0.2) is 26.2 Å². The first-order valence-electron chi connectivity index (χ1n) is 40.9. The second kappa shape index (κ2) is 36.0. The maximum Gasteiger partial charge on any atom is 0.0366 e. The summed E-state index contributed by atoms with van der Waals surface area (Å²) in [6.07, 6.45) is 49.9.